The van der Waals surface area contributed by atoms with Gasteiger partial charge >= 0.3 is 0 Å². The van der Waals surface area contributed by atoms with Crippen LogP contribution in [0.5, 0.6) is 5.75 Å². The second-order valence-corrected chi connectivity index (χ2v) is 4.51. The number of amides is 1. The number of hydrogen-bond donors (Lipinski definition) is 1. The quantitative estimate of drug-likeness (QED) is 0.863. The Morgan fingerprint density at radius 3 is 3.00 bits per heavy atom. The van der Waals surface area contributed by atoms with Crippen LogP contribution in [0.25, 0.3) is 0 Å². The molecule has 0 spiro atoms. The zero-order chi connectivity index (χ0) is 13.7. The van der Waals surface area contributed by atoms with Crippen molar-refractivity contribution in [3.63, 3.8) is 0 Å². The molecule has 1 N–H and O–H groups in total. The van der Waals surface area contributed by atoms with Gasteiger partial charge in [0.2, 0.25) is 5.91 Å². The SMILES string of the molecule is CNC(COC)CN1C(=O)CCOc2ccccc21. The lowest BCUT2D eigenvalue weighted by Crippen LogP contribution is -2.44. The van der Waals surface area contributed by atoms with E-state index in [9.17, 15) is 4.79 Å². The van der Waals surface area contributed by atoms with Crippen LogP contribution in [0.3, 0.4) is 0 Å². The Kier molecular flexibility index (Phi) is 4.76. The third kappa shape index (κ3) is 3.24. The van der Waals surface area contributed by atoms with Gasteiger partial charge in [-0.05, 0) is 19.2 Å². The fourth-order valence-corrected chi connectivity index (χ4v) is 2.17. The number of likely N-dealkylation sites (N-methyl/N-ethyl adjacent to an activating group) is 1. The summed E-state index contributed by atoms with van der Waals surface area (Å²) in [5, 5.41) is 3.16. The maximum Gasteiger partial charge on any atom is 0.230 e. The highest BCUT2D eigenvalue weighted by atomic mass is 16.5. The van der Waals surface area contributed by atoms with Crippen LogP contribution in [0.15, 0.2) is 24.3 Å². The summed E-state index contributed by atoms with van der Waals surface area (Å²) < 4.78 is 10.8. The van der Waals surface area contributed by atoms with Crippen molar-refractivity contribution in [1.82, 2.24) is 5.32 Å². The molecular formula is C14H20N2O3. The van der Waals surface area contributed by atoms with Crippen molar-refractivity contribution in [2.45, 2.75) is 12.5 Å². The molecule has 1 aliphatic rings. The summed E-state index contributed by atoms with van der Waals surface area (Å²) in [7, 11) is 3.53. The van der Waals surface area contributed by atoms with Crippen molar-refractivity contribution in [1.29, 1.82) is 0 Å². The van der Waals surface area contributed by atoms with Crippen LogP contribution in [-0.2, 0) is 9.53 Å². The molecule has 0 saturated heterocycles. The average molecular weight is 264 g/mol. The second kappa shape index (κ2) is 6.54. The molecule has 5 heteroatoms. The van der Waals surface area contributed by atoms with Crippen molar-refractivity contribution in [2.24, 2.45) is 0 Å². The Bertz CT molecular complexity index is 436. The van der Waals surface area contributed by atoms with Crippen LogP contribution in [0.2, 0.25) is 0 Å². The molecule has 1 unspecified atom stereocenters. The first kappa shape index (κ1) is 13.8. The third-order valence-corrected chi connectivity index (χ3v) is 3.21. The molecule has 0 bridgehead atoms. The molecule has 0 aromatic heterocycles. The number of para-hydroxylation sites is 2. The van der Waals surface area contributed by atoms with E-state index in [2.05, 4.69) is 5.32 Å². The predicted molar refractivity (Wildman–Crippen MR) is 73.6 cm³/mol. The number of ether oxygens (including phenoxy) is 2. The molecule has 1 atom stereocenters. The molecule has 1 aromatic carbocycles. The zero-order valence-electron chi connectivity index (χ0n) is 11.4. The number of nitrogens with zero attached hydrogens (tertiary/aromatic N) is 1. The maximum atomic E-state index is 12.2. The van der Waals surface area contributed by atoms with Crippen LogP contribution in [-0.4, -0.2) is 45.9 Å². The summed E-state index contributed by atoms with van der Waals surface area (Å²) in [5.41, 5.74) is 0.835. The molecule has 1 aromatic rings. The van der Waals surface area contributed by atoms with Crippen LogP contribution in [0, 0.1) is 0 Å². The molecule has 2 rings (SSSR count). The lowest BCUT2D eigenvalue weighted by molar-refractivity contribution is -0.118. The topological polar surface area (TPSA) is 50.8 Å². The lowest BCUT2D eigenvalue weighted by Gasteiger charge is -2.26. The predicted octanol–water partition coefficient (Wildman–Crippen LogP) is 1.04. The largest absolute Gasteiger partial charge is 0.491 e. The first-order chi connectivity index (χ1) is 9.26. The summed E-state index contributed by atoms with van der Waals surface area (Å²) in [6.07, 6.45) is 0.401. The molecule has 0 fully saturated rings. The van der Waals surface area contributed by atoms with E-state index in [-0.39, 0.29) is 11.9 Å². The Morgan fingerprint density at radius 1 is 1.47 bits per heavy atom. The highest BCUT2D eigenvalue weighted by molar-refractivity contribution is 5.95. The standard InChI is InChI=1S/C14H20N2O3/c1-15-11(10-18-2)9-16-12-5-3-4-6-13(12)19-8-7-14(16)17/h3-6,11,15H,7-10H2,1-2H3. The smallest absolute Gasteiger partial charge is 0.230 e. The van der Waals surface area contributed by atoms with Gasteiger partial charge in [0.15, 0.2) is 0 Å². The van der Waals surface area contributed by atoms with E-state index in [0.29, 0.717) is 26.2 Å². The van der Waals surface area contributed by atoms with E-state index in [1.807, 2.05) is 31.3 Å². The number of nitrogens with one attached hydrogen (secondary N) is 1. The van der Waals surface area contributed by atoms with Crippen LogP contribution >= 0.6 is 0 Å². The number of anilines is 1. The molecule has 1 heterocycles. The van der Waals surface area contributed by atoms with E-state index in [1.54, 1.807) is 12.0 Å². The van der Waals surface area contributed by atoms with Gasteiger partial charge in [-0.3, -0.25) is 4.79 Å². The minimum atomic E-state index is 0.0845. The van der Waals surface area contributed by atoms with Crippen LogP contribution in [0.1, 0.15) is 6.42 Å². The van der Waals surface area contributed by atoms with Crippen molar-refractivity contribution in [3.05, 3.63) is 24.3 Å². The third-order valence-electron chi connectivity index (χ3n) is 3.21. The summed E-state index contributed by atoms with van der Waals surface area (Å²) in [6, 6.07) is 7.74. The molecule has 0 aliphatic carbocycles. The van der Waals surface area contributed by atoms with Crippen molar-refractivity contribution < 1.29 is 14.3 Å². The molecule has 0 saturated carbocycles. The van der Waals surface area contributed by atoms with Crippen molar-refractivity contribution >= 4 is 11.6 Å². The van der Waals surface area contributed by atoms with Gasteiger partial charge in [-0.25, -0.2) is 0 Å². The Balaban J connectivity index is 2.23. The zero-order valence-corrected chi connectivity index (χ0v) is 11.4. The van der Waals surface area contributed by atoms with Crippen molar-refractivity contribution in [2.75, 3.05) is 38.8 Å². The molecule has 1 aliphatic heterocycles. The second-order valence-electron chi connectivity index (χ2n) is 4.51. The number of benzene rings is 1. The molecule has 104 valence electrons. The Hall–Kier alpha value is -1.59. The number of rotatable bonds is 5. The van der Waals surface area contributed by atoms with Gasteiger partial charge in [-0.15, -0.1) is 0 Å². The van der Waals surface area contributed by atoms with Crippen molar-refractivity contribution in [3.8, 4) is 5.75 Å². The molecule has 0 radical (unpaired) electrons. The van der Waals surface area contributed by atoms with Crippen LogP contribution < -0.4 is 15.0 Å². The highest BCUT2D eigenvalue weighted by Gasteiger charge is 2.25. The van der Waals surface area contributed by atoms with Gasteiger partial charge in [0.05, 0.1) is 25.3 Å². The number of carbonyl (C=O) groups excluding carboxylic acids is 1. The molecule has 1 amide bonds. The summed E-state index contributed by atoms with van der Waals surface area (Å²) >= 11 is 0. The van der Waals surface area contributed by atoms with Gasteiger partial charge in [0, 0.05) is 19.7 Å². The normalized spacial score (nSPS) is 16.5. The van der Waals surface area contributed by atoms with Gasteiger partial charge in [-0.1, -0.05) is 12.1 Å². The fraction of sp³-hybridized carbons (Fsp3) is 0.500. The van der Waals surface area contributed by atoms with E-state index in [4.69, 9.17) is 9.47 Å². The monoisotopic (exact) mass is 264 g/mol. The highest BCUT2D eigenvalue weighted by Crippen LogP contribution is 2.30. The van der Waals surface area contributed by atoms with Crippen LogP contribution in [0.4, 0.5) is 5.69 Å². The van der Waals surface area contributed by atoms with E-state index in [0.717, 1.165) is 11.4 Å². The average Bonchev–Trinajstić information content (AvgIpc) is 2.58. The van der Waals surface area contributed by atoms with E-state index >= 15 is 0 Å². The number of fused-ring (bicyclic) bond motifs is 1. The number of methoxy groups -OCH3 is 1. The summed E-state index contributed by atoms with van der Waals surface area (Å²) in [5.74, 6) is 0.849. The molecular weight excluding hydrogens is 244 g/mol. The minimum Gasteiger partial charge on any atom is -0.491 e. The summed E-state index contributed by atoms with van der Waals surface area (Å²) in [6.45, 7) is 1.56. The molecule has 19 heavy (non-hydrogen) atoms. The van der Waals surface area contributed by atoms with E-state index in [1.165, 1.54) is 0 Å². The minimum absolute atomic E-state index is 0.0845. The maximum absolute atomic E-state index is 12.2. The van der Waals surface area contributed by atoms with Gasteiger partial charge in [0.1, 0.15) is 5.75 Å². The Labute approximate surface area is 113 Å². The first-order valence-corrected chi connectivity index (χ1v) is 6.44. The summed E-state index contributed by atoms with van der Waals surface area (Å²) in [4.78, 5) is 14.0. The molecule has 5 nitrogen and oxygen atoms in total. The first-order valence-electron chi connectivity index (χ1n) is 6.44. The fourth-order valence-electron chi connectivity index (χ4n) is 2.17. The van der Waals surface area contributed by atoms with Gasteiger partial charge in [-0.2, -0.15) is 0 Å². The Morgan fingerprint density at radius 2 is 2.26 bits per heavy atom. The van der Waals surface area contributed by atoms with E-state index < -0.39 is 0 Å². The van der Waals surface area contributed by atoms with Gasteiger partial charge in [0.25, 0.3) is 0 Å². The number of hydrogen-bond acceptors (Lipinski definition) is 4. The lowest BCUT2D eigenvalue weighted by atomic mass is 10.2. The number of carbonyl (C=O) groups is 1. The van der Waals surface area contributed by atoms with Gasteiger partial charge < -0.3 is 19.7 Å².